The lowest BCUT2D eigenvalue weighted by Crippen LogP contribution is -2.20. The quantitative estimate of drug-likeness (QED) is 0.712. The highest BCUT2D eigenvalue weighted by Gasteiger charge is 2.07. The molecule has 4 nitrogen and oxygen atoms in total. The van der Waals surface area contributed by atoms with Gasteiger partial charge in [-0.3, -0.25) is 4.79 Å². The maximum atomic E-state index is 11.1. The van der Waals surface area contributed by atoms with E-state index in [0.717, 1.165) is 11.8 Å². The van der Waals surface area contributed by atoms with Crippen LogP contribution in [0.1, 0.15) is 5.69 Å². The van der Waals surface area contributed by atoms with Gasteiger partial charge in [-0.1, -0.05) is 30.3 Å². The van der Waals surface area contributed by atoms with Gasteiger partial charge >= 0.3 is 5.56 Å². The van der Waals surface area contributed by atoms with Crippen LogP contribution in [0.2, 0.25) is 0 Å². The highest BCUT2D eigenvalue weighted by atomic mass is 16.5. The summed E-state index contributed by atoms with van der Waals surface area (Å²) in [6.45, 7) is 1.65. The Bertz CT molecular complexity index is 532. The number of benzene rings is 1. The van der Waals surface area contributed by atoms with Crippen molar-refractivity contribution < 1.29 is 5.21 Å². The summed E-state index contributed by atoms with van der Waals surface area (Å²) in [6, 6.07) is 9.40. The molecule has 0 aliphatic rings. The van der Waals surface area contributed by atoms with Gasteiger partial charge in [0.15, 0.2) is 0 Å². The molecular formula is C11H10N2O2. The van der Waals surface area contributed by atoms with Crippen LogP contribution in [0.4, 0.5) is 0 Å². The van der Waals surface area contributed by atoms with Gasteiger partial charge in [0.25, 0.3) is 0 Å². The fourth-order valence-electron chi connectivity index (χ4n) is 1.41. The van der Waals surface area contributed by atoms with E-state index in [1.54, 1.807) is 6.92 Å². The minimum absolute atomic E-state index is 0.439. The van der Waals surface area contributed by atoms with Gasteiger partial charge in [0.2, 0.25) is 0 Å². The number of rotatable bonds is 1. The average molecular weight is 202 g/mol. The molecule has 4 heteroatoms. The summed E-state index contributed by atoms with van der Waals surface area (Å²) >= 11 is 0. The Morgan fingerprint density at radius 1 is 1.27 bits per heavy atom. The van der Waals surface area contributed by atoms with E-state index in [1.807, 2.05) is 30.3 Å². The molecule has 1 aromatic heterocycles. The van der Waals surface area contributed by atoms with Crippen LogP contribution in [-0.4, -0.2) is 14.9 Å². The Labute approximate surface area is 86.4 Å². The molecule has 0 atom stereocenters. The fraction of sp³-hybridized carbons (Fsp3) is 0.0909. The van der Waals surface area contributed by atoms with Crippen molar-refractivity contribution in [3.63, 3.8) is 0 Å². The molecule has 2 rings (SSSR count). The van der Waals surface area contributed by atoms with Crippen molar-refractivity contribution in [1.29, 1.82) is 0 Å². The topological polar surface area (TPSA) is 55.1 Å². The Hall–Kier alpha value is -2.10. The van der Waals surface area contributed by atoms with E-state index < -0.39 is 5.56 Å². The largest absolute Gasteiger partial charge is 0.425 e. The lowest BCUT2D eigenvalue weighted by Gasteiger charge is -2.06. The zero-order chi connectivity index (χ0) is 10.8. The summed E-state index contributed by atoms with van der Waals surface area (Å²) < 4.78 is 0.606. The molecule has 2 aromatic rings. The molecule has 0 bridgehead atoms. The zero-order valence-corrected chi connectivity index (χ0v) is 8.21. The second-order valence-electron chi connectivity index (χ2n) is 3.21. The van der Waals surface area contributed by atoms with Gasteiger partial charge in [-0.15, -0.1) is 4.73 Å². The van der Waals surface area contributed by atoms with Crippen LogP contribution < -0.4 is 5.56 Å². The average Bonchev–Trinajstić information content (AvgIpc) is 2.27. The van der Waals surface area contributed by atoms with Gasteiger partial charge in [-0.05, 0) is 6.92 Å². The third kappa shape index (κ3) is 1.61. The van der Waals surface area contributed by atoms with Crippen LogP contribution in [0.15, 0.2) is 41.3 Å². The molecule has 0 aliphatic heterocycles. The predicted octanol–water partition coefficient (Wildman–Crippen LogP) is 1.46. The molecule has 0 saturated heterocycles. The second kappa shape index (κ2) is 3.57. The minimum Gasteiger partial charge on any atom is -0.425 e. The van der Waals surface area contributed by atoms with E-state index in [-0.39, 0.29) is 0 Å². The first-order chi connectivity index (χ1) is 7.20. The van der Waals surface area contributed by atoms with Crippen LogP contribution in [0.25, 0.3) is 11.3 Å². The van der Waals surface area contributed by atoms with Gasteiger partial charge < -0.3 is 5.21 Å². The third-order valence-electron chi connectivity index (χ3n) is 2.22. The number of nitrogens with zero attached hydrogens (tertiary/aromatic N) is 2. The van der Waals surface area contributed by atoms with Crippen molar-refractivity contribution >= 4 is 0 Å². The van der Waals surface area contributed by atoms with Gasteiger partial charge in [0, 0.05) is 5.56 Å². The van der Waals surface area contributed by atoms with E-state index in [2.05, 4.69) is 4.98 Å². The maximum Gasteiger partial charge on any atom is 0.301 e. The predicted molar refractivity (Wildman–Crippen MR) is 55.9 cm³/mol. The summed E-state index contributed by atoms with van der Waals surface area (Å²) in [5.41, 5.74) is 1.40. The summed E-state index contributed by atoms with van der Waals surface area (Å²) in [6.07, 6.45) is 1.11. The summed E-state index contributed by atoms with van der Waals surface area (Å²) in [4.78, 5) is 15.1. The molecule has 1 N–H and O–H groups in total. The number of aromatic nitrogens is 2. The van der Waals surface area contributed by atoms with Gasteiger partial charge in [-0.2, -0.15) is 0 Å². The normalized spacial score (nSPS) is 10.2. The molecule has 76 valence electrons. The Morgan fingerprint density at radius 3 is 2.60 bits per heavy atom. The summed E-state index contributed by atoms with van der Waals surface area (Å²) in [7, 11) is 0. The lowest BCUT2D eigenvalue weighted by atomic mass is 10.1. The first-order valence-corrected chi connectivity index (χ1v) is 4.53. The van der Waals surface area contributed by atoms with E-state index in [0.29, 0.717) is 16.1 Å². The van der Waals surface area contributed by atoms with Gasteiger partial charge in [0.05, 0.1) is 17.6 Å². The van der Waals surface area contributed by atoms with Crippen LogP contribution >= 0.6 is 0 Å². The van der Waals surface area contributed by atoms with E-state index in [1.165, 1.54) is 0 Å². The second-order valence-corrected chi connectivity index (χ2v) is 3.21. The Balaban J connectivity index is 2.65. The number of hydrogen-bond donors (Lipinski definition) is 1. The van der Waals surface area contributed by atoms with Crippen LogP contribution in [0.3, 0.4) is 0 Å². The standard InChI is InChI=1S/C11H10N2O2/c1-8-11(9-5-3-2-4-6-9)12-7-10(14)13(8)15/h2-7,15H,1H3. The Kier molecular flexibility index (Phi) is 2.25. The molecule has 0 spiro atoms. The van der Waals surface area contributed by atoms with Crippen molar-refractivity contribution in [3.05, 3.63) is 52.6 Å². The van der Waals surface area contributed by atoms with Crippen molar-refractivity contribution in [2.45, 2.75) is 6.92 Å². The zero-order valence-electron chi connectivity index (χ0n) is 8.21. The molecule has 0 saturated carbocycles. The molecule has 0 fully saturated rings. The molecule has 1 heterocycles. The molecular weight excluding hydrogens is 192 g/mol. The van der Waals surface area contributed by atoms with Crippen LogP contribution in [0, 0.1) is 6.92 Å². The van der Waals surface area contributed by atoms with Gasteiger partial charge in [0.1, 0.15) is 0 Å². The van der Waals surface area contributed by atoms with Crippen molar-refractivity contribution in [1.82, 2.24) is 9.71 Å². The summed E-state index contributed by atoms with van der Waals surface area (Å²) in [5.74, 6) is 0. The highest BCUT2D eigenvalue weighted by Crippen LogP contribution is 2.17. The van der Waals surface area contributed by atoms with E-state index >= 15 is 0 Å². The van der Waals surface area contributed by atoms with Crippen LogP contribution in [0.5, 0.6) is 0 Å². The monoisotopic (exact) mass is 202 g/mol. The Morgan fingerprint density at radius 2 is 1.93 bits per heavy atom. The molecule has 0 amide bonds. The smallest absolute Gasteiger partial charge is 0.301 e. The van der Waals surface area contributed by atoms with E-state index in [9.17, 15) is 10.0 Å². The van der Waals surface area contributed by atoms with Crippen molar-refractivity contribution in [2.75, 3.05) is 0 Å². The molecule has 1 aromatic carbocycles. The molecule has 0 unspecified atom stereocenters. The first-order valence-electron chi connectivity index (χ1n) is 4.53. The maximum absolute atomic E-state index is 11.1. The third-order valence-corrected chi connectivity index (χ3v) is 2.22. The van der Waals surface area contributed by atoms with E-state index in [4.69, 9.17) is 0 Å². The van der Waals surface area contributed by atoms with Crippen molar-refractivity contribution in [3.8, 4) is 11.3 Å². The molecule has 0 aliphatic carbocycles. The molecule has 0 radical (unpaired) electrons. The SMILES string of the molecule is Cc1c(-c2ccccc2)ncc(=O)n1O. The van der Waals surface area contributed by atoms with Crippen LogP contribution in [-0.2, 0) is 0 Å². The number of hydrogen-bond acceptors (Lipinski definition) is 3. The molecule has 15 heavy (non-hydrogen) atoms. The lowest BCUT2D eigenvalue weighted by molar-refractivity contribution is 0.167. The van der Waals surface area contributed by atoms with Crippen molar-refractivity contribution in [2.24, 2.45) is 0 Å². The highest BCUT2D eigenvalue weighted by molar-refractivity contribution is 5.60. The minimum atomic E-state index is -0.521. The first kappa shape index (κ1) is 9.45. The summed E-state index contributed by atoms with van der Waals surface area (Å²) in [5, 5.41) is 9.41. The fourth-order valence-corrected chi connectivity index (χ4v) is 1.41. The van der Waals surface area contributed by atoms with Gasteiger partial charge in [-0.25, -0.2) is 4.98 Å².